The smallest absolute Gasteiger partial charge is 0.247 e. The van der Waals surface area contributed by atoms with E-state index < -0.39 is 0 Å². The van der Waals surface area contributed by atoms with E-state index in [1.165, 1.54) is 17.6 Å². The molecule has 9 heteroatoms. The minimum absolute atomic E-state index is 0. The molecule has 4 heterocycles. The van der Waals surface area contributed by atoms with Crippen molar-refractivity contribution in [3.63, 3.8) is 0 Å². The molecule has 5 rings (SSSR count). The molecule has 0 spiro atoms. The maximum Gasteiger partial charge on any atom is 0.247 e. The fourth-order valence-corrected chi connectivity index (χ4v) is 4.14. The summed E-state index contributed by atoms with van der Waals surface area (Å²) in [5.41, 5.74) is 4.47. The highest BCUT2D eigenvalue weighted by Gasteiger charge is 2.27. The summed E-state index contributed by atoms with van der Waals surface area (Å²) in [6.45, 7) is 10.7. The van der Waals surface area contributed by atoms with Crippen LogP contribution in [-0.2, 0) is 6.42 Å². The predicted molar refractivity (Wildman–Crippen MR) is 123 cm³/mol. The molecule has 2 N–H and O–H groups in total. The van der Waals surface area contributed by atoms with E-state index in [9.17, 15) is 0 Å². The van der Waals surface area contributed by atoms with Crippen molar-refractivity contribution in [2.75, 3.05) is 49.5 Å². The molecule has 2 aliphatic rings. The van der Waals surface area contributed by atoms with Gasteiger partial charge in [-0.05, 0) is 37.1 Å². The summed E-state index contributed by atoms with van der Waals surface area (Å²) in [6.07, 6.45) is 4.19. The molecule has 0 amide bonds. The van der Waals surface area contributed by atoms with Crippen molar-refractivity contribution in [1.29, 1.82) is 0 Å². The van der Waals surface area contributed by atoms with Crippen LogP contribution in [-0.4, -0.2) is 74.9 Å². The Hall–Kier alpha value is -3.04. The fourth-order valence-electron chi connectivity index (χ4n) is 4.14. The summed E-state index contributed by atoms with van der Waals surface area (Å²) >= 11 is 0. The summed E-state index contributed by atoms with van der Waals surface area (Å²) in [7, 11) is 0. The second kappa shape index (κ2) is 8.60. The van der Waals surface area contributed by atoms with Crippen LogP contribution in [0.3, 0.4) is 0 Å². The van der Waals surface area contributed by atoms with Crippen LogP contribution in [0.5, 0.6) is 0 Å². The van der Waals surface area contributed by atoms with E-state index in [0.29, 0.717) is 11.8 Å². The number of nitrogens with one attached hydrogen (secondary N) is 2. The Balaban J connectivity index is 0.00000245. The molecule has 0 aliphatic carbocycles. The molecule has 2 aromatic heterocycles. The zero-order chi connectivity index (χ0) is 21.2. The Kier molecular flexibility index (Phi) is 5.52. The van der Waals surface area contributed by atoms with E-state index in [0.717, 1.165) is 63.1 Å². The minimum atomic E-state index is 0. The van der Waals surface area contributed by atoms with Gasteiger partial charge < -0.3 is 15.5 Å². The first kappa shape index (κ1) is 19.9. The predicted octanol–water partition coefficient (Wildman–Crippen LogP) is 2.01. The monoisotopic (exact) mass is 421 g/mol. The van der Waals surface area contributed by atoms with Crippen LogP contribution < -0.4 is 15.5 Å². The van der Waals surface area contributed by atoms with Gasteiger partial charge in [0.2, 0.25) is 5.95 Å². The molecule has 0 radical (unpaired) electrons. The van der Waals surface area contributed by atoms with E-state index in [2.05, 4.69) is 65.6 Å². The number of aryl methyl sites for hydroxylation is 2. The van der Waals surface area contributed by atoms with Crippen molar-refractivity contribution in [2.45, 2.75) is 26.3 Å². The SMILES string of the molecule is CCc1cc(Nc2ncn(-c3cc(C)ncn3)n2)cc(N2CCN(C3CNC3)CC2)c1.[HH]. The Morgan fingerprint density at radius 3 is 2.61 bits per heavy atom. The van der Waals surface area contributed by atoms with Gasteiger partial charge >= 0.3 is 0 Å². The molecule has 0 saturated carbocycles. The summed E-state index contributed by atoms with van der Waals surface area (Å²) < 4.78 is 1.66. The zero-order valence-electron chi connectivity index (χ0n) is 18.1. The Morgan fingerprint density at radius 1 is 1.06 bits per heavy atom. The largest absolute Gasteiger partial charge is 0.369 e. The molecule has 9 nitrogen and oxygen atoms in total. The highest BCUT2D eigenvalue weighted by Crippen LogP contribution is 2.26. The molecule has 0 atom stereocenters. The Labute approximate surface area is 184 Å². The van der Waals surface area contributed by atoms with Crippen LogP contribution in [0.4, 0.5) is 17.3 Å². The number of anilines is 3. The van der Waals surface area contributed by atoms with Gasteiger partial charge in [0.15, 0.2) is 5.82 Å². The van der Waals surface area contributed by atoms with E-state index in [1.54, 1.807) is 11.0 Å². The quantitative estimate of drug-likeness (QED) is 0.625. The van der Waals surface area contributed by atoms with Crippen molar-refractivity contribution in [1.82, 2.24) is 34.9 Å². The van der Waals surface area contributed by atoms with Gasteiger partial charge in [0.25, 0.3) is 0 Å². The lowest BCUT2D eigenvalue weighted by Gasteiger charge is -2.44. The second-order valence-corrected chi connectivity index (χ2v) is 8.23. The van der Waals surface area contributed by atoms with Crippen molar-refractivity contribution < 1.29 is 1.43 Å². The maximum atomic E-state index is 4.54. The van der Waals surface area contributed by atoms with Crippen molar-refractivity contribution in [2.24, 2.45) is 0 Å². The van der Waals surface area contributed by atoms with Gasteiger partial charge in [0.1, 0.15) is 12.7 Å². The molecule has 2 fully saturated rings. The number of hydrogen-bond acceptors (Lipinski definition) is 8. The van der Waals surface area contributed by atoms with Gasteiger partial charge in [-0.1, -0.05) is 6.92 Å². The van der Waals surface area contributed by atoms with Gasteiger partial charge in [-0.25, -0.2) is 14.6 Å². The maximum absolute atomic E-state index is 4.54. The topological polar surface area (TPSA) is 87.0 Å². The van der Waals surface area contributed by atoms with E-state index >= 15 is 0 Å². The molecule has 3 aromatic rings. The zero-order valence-corrected chi connectivity index (χ0v) is 18.1. The molecule has 0 unspecified atom stereocenters. The van der Waals surface area contributed by atoms with Crippen LogP contribution in [0.25, 0.3) is 5.82 Å². The summed E-state index contributed by atoms with van der Waals surface area (Å²) in [6, 6.07) is 9.29. The number of piperazine rings is 1. The van der Waals surface area contributed by atoms with Gasteiger partial charge in [-0.3, -0.25) is 4.90 Å². The highest BCUT2D eigenvalue weighted by atomic mass is 15.4. The average Bonchev–Trinajstić information content (AvgIpc) is 3.21. The molecule has 0 bridgehead atoms. The third-order valence-electron chi connectivity index (χ3n) is 6.11. The lowest BCUT2D eigenvalue weighted by Crippen LogP contribution is -2.61. The molecular formula is C22H31N9. The van der Waals surface area contributed by atoms with E-state index in [1.807, 2.05) is 13.0 Å². The molecular weight excluding hydrogens is 390 g/mol. The number of rotatable bonds is 6. The summed E-state index contributed by atoms with van der Waals surface area (Å²) in [5, 5.41) is 11.3. The number of benzene rings is 1. The first-order chi connectivity index (χ1) is 15.2. The third kappa shape index (κ3) is 4.38. The van der Waals surface area contributed by atoms with Crippen LogP contribution in [0, 0.1) is 6.92 Å². The Morgan fingerprint density at radius 2 is 1.90 bits per heavy atom. The molecule has 164 valence electrons. The van der Waals surface area contributed by atoms with Gasteiger partial charge in [0, 0.05) is 69.9 Å². The normalized spacial score (nSPS) is 17.5. The van der Waals surface area contributed by atoms with Gasteiger partial charge in [-0.15, -0.1) is 5.10 Å². The molecule has 2 aliphatic heterocycles. The van der Waals surface area contributed by atoms with E-state index in [4.69, 9.17) is 0 Å². The summed E-state index contributed by atoms with van der Waals surface area (Å²) in [5.74, 6) is 1.26. The van der Waals surface area contributed by atoms with Crippen molar-refractivity contribution >= 4 is 17.3 Å². The first-order valence-electron chi connectivity index (χ1n) is 11.0. The second-order valence-electron chi connectivity index (χ2n) is 8.23. The van der Waals surface area contributed by atoms with E-state index in [-0.39, 0.29) is 1.43 Å². The lowest BCUT2D eigenvalue weighted by molar-refractivity contribution is 0.138. The number of hydrogen-bond donors (Lipinski definition) is 2. The molecule has 1 aromatic carbocycles. The number of nitrogens with zero attached hydrogens (tertiary/aromatic N) is 7. The number of aromatic nitrogens is 5. The lowest BCUT2D eigenvalue weighted by atomic mass is 10.1. The molecule has 2 saturated heterocycles. The standard InChI is InChI=1S/C22H29N9.H2/c1-3-17-9-18(27-22-26-15-31(28-22)21-8-16(2)24-14-25-21)11-19(10-17)29-4-6-30(7-5-29)20-12-23-13-20;/h8-11,14-15,20,23H,3-7,12-13H2,1-2H3,(H,27,28);1H. The van der Waals surface area contributed by atoms with Crippen LogP contribution in [0.2, 0.25) is 0 Å². The summed E-state index contributed by atoms with van der Waals surface area (Å²) in [4.78, 5) is 17.9. The third-order valence-corrected chi connectivity index (χ3v) is 6.11. The van der Waals surface area contributed by atoms with Crippen LogP contribution >= 0.6 is 0 Å². The highest BCUT2D eigenvalue weighted by molar-refractivity contribution is 5.64. The van der Waals surface area contributed by atoms with Crippen LogP contribution in [0.1, 0.15) is 19.6 Å². The van der Waals surface area contributed by atoms with Gasteiger partial charge in [-0.2, -0.15) is 4.98 Å². The Bertz CT molecular complexity index is 1040. The van der Waals surface area contributed by atoms with Gasteiger partial charge in [0.05, 0.1) is 0 Å². The van der Waals surface area contributed by atoms with Crippen molar-refractivity contribution in [3.05, 3.63) is 48.2 Å². The average molecular weight is 422 g/mol. The minimum Gasteiger partial charge on any atom is -0.369 e. The van der Waals surface area contributed by atoms with Crippen LogP contribution in [0.15, 0.2) is 36.9 Å². The first-order valence-corrected chi connectivity index (χ1v) is 11.0. The fraction of sp³-hybridized carbons (Fsp3) is 0.455. The molecule has 31 heavy (non-hydrogen) atoms. The van der Waals surface area contributed by atoms with Crippen molar-refractivity contribution in [3.8, 4) is 5.82 Å².